The molecule has 0 aromatic heterocycles. The van der Waals surface area contributed by atoms with E-state index in [0.717, 1.165) is 32.1 Å². The minimum absolute atomic E-state index is 0.805. The summed E-state index contributed by atoms with van der Waals surface area (Å²) in [6, 6.07) is 8.68. The van der Waals surface area contributed by atoms with Gasteiger partial charge < -0.3 is 10.1 Å². The highest BCUT2D eigenvalue weighted by atomic mass is 32.2. The van der Waals surface area contributed by atoms with Gasteiger partial charge in [0.25, 0.3) is 0 Å². The molecule has 3 heteroatoms. The van der Waals surface area contributed by atoms with Crippen molar-refractivity contribution in [2.75, 3.05) is 32.1 Å². The van der Waals surface area contributed by atoms with Gasteiger partial charge in [-0.1, -0.05) is 17.7 Å². The van der Waals surface area contributed by atoms with E-state index in [1.165, 1.54) is 10.5 Å². The van der Waals surface area contributed by atoms with Crippen molar-refractivity contribution in [1.29, 1.82) is 0 Å². The zero-order valence-corrected chi connectivity index (χ0v) is 11.0. The second-order valence-electron chi connectivity index (χ2n) is 3.61. The lowest BCUT2D eigenvalue weighted by molar-refractivity contribution is 0.150. The van der Waals surface area contributed by atoms with Gasteiger partial charge in [-0.2, -0.15) is 0 Å². The molecule has 2 nitrogen and oxygen atoms in total. The molecule has 0 aliphatic heterocycles. The molecule has 0 spiro atoms. The average molecular weight is 239 g/mol. The normalized spacial score (nSPS) is 10.6. The van der Waals surface area contributed by atoms with E-state index in [9.17, 15) is 0 Å². The SMILES string of the molecule is CCOCCNCCSc1ccc(C)cc1. The Morgan fingerprint density at radius 1 is 1.19 bits per heavy atom. The molecule has 0 aliphatic rings. The van der Waals surface area contributed by atoms with Gasteiger partial charge in [0.05, 0.1) is 6.61 Å². The van der Waals surface area contributed by atoms with Crippen LogP contribution in [0.3, 0.4) is 0 Å². The third-order valence-corrected chi connectivity index (χ3v) is 3.21. The topological polar surface area (TPSA) is 21.3 Å². The summed E-state index contributed by atoms with van der Waals surface area (Å²) in [5, 5.41) is 3.36. The summed E-state index contributed by atoms with van der Waals surface area (Å²) in [4.78, 5) is 1.34. The first-order valence-electron chi connectivity index (χ1n) is 5.81. The van der Waals surface area contributed by atoms with Crippen LogP contribution in [0.4, 0.5) is 0 Å². The number of hydrogen-bond acceptors (Lipinski definition) is 3. The van der Waals surface area contributed by atoms with E-state index in [1.807, 2.05) is 18.7 Å². The lowest BCUT2D eigenvalue weighted by Crippen LogP contribution is -2.22. The molecule has 0 bridgehead atoms. The molecule has 0 unspecified atom stereocenters. The largest absolute Gasteiger partial charge is 0.380 e. The van der Waals surface area contributed by atoms with Crippen molar-refractivity contribution < 1.29 is 4.74 Å². The van der Waals surface area contributed by atoms with Crippen molar-refractivity contribution in [2.45, 2.75) is 18.7 Å². The van der Waals surface area contributed by atoms with Gasteiger partial charge in [-0.3, -0.25) is 0 Å². The van der Waals surface area contributed by atoms with Gasteiger partial charge in [0.2, 0.25) is 0 Å². The molecule has 0 atom stereocenters. The highest BCUT2D eigenvalue weighted by Gasteiger charge is 1.93. The zero-order valence-electron chi connectivity index (χ0n) is 10.2. The predicted octanol–water partition coefficient (Wildman–Crippen LogP) is 2.71. The molecule has 1 rings (SSSR count). The molecule has 0 radical (unpaired) electrons. The maximum absolute atomic E-state index is 5.24. The lowest BCUT2D eigenvalue weighted by atomic mass is 10.2. The van der Waals surface area contributed by atoms with Crippen LogP contribution in [-0.4, -0.2) is 32.1 Å². The van der Waals surface area contributed by atoms with Crippen LogP contribution in [0.15, 0.2) is 29.2 Å². The van der Waals surface area contributed by atoms with E-state index in [2.05, 4.69) is 36.5 Å². The molecule has 90 valence electrons. The maximum Gasteiger partial charge on any atom is 0.0590 e. The van der Waals surface area contributed by atoms with Gasteiger partial charge in [0.1, 0.15) is 0 Å². The van der Waals surface area contributed by atoms with Crippen molar-refractivity contribution in [2.24, 2.45) is 0 Å². The van der Waals surface area contributed by atoms with Crippen LogP contribution >= 0.6 is 11.8 Å². The fourth-order valence-electron chi connectivity index (χ4n) is 1.29. The number of thioether (sulfide) groups is 1. The van der Waals surface area contributed by atoms with Crippen LogP contribution in [0.2, 0.25) is 0 Å². The number of benzene rings is 1. The fourth-order valence-corrected chi connectivity index (χ4v) is 2.10. The summed E-state index contributed by atoms with van der Waals surface area (Å²) >= 11 is 1.89. The van der Waals surface area contributed by atoms with Crippen LogP contribution in [-0.2, 0) is 4.74 Å². The third kappa shape index (κ3) is 6.16. The first kappa shape index (κ1) is 13.6. The van der Waals surface area contributed by atoms with Crippen LogP contribution in [0.25, 0.3) is 0 Å². The Labute approximate surface area is 103 Å². The van der Waals surface area contributed by atoms with E-state index in [1.54, 1.807) is 0 Å². The fraction of sp³-hybridized carbons (Fsp3) is 0.538. The Bertz CT molecular complexity index is 274. The minimum atomic E-state index is 0.805. The summed E-state index contributed by atoms with van der Waals surface area (Å²) in [5.74, 6) is 1.11. The summed E-state index contributed by atoms with van der Waals surface area (Å²) in [6.07, 6.45) is 0. The number of aryl methyl sites for hydroxylation is 1. The molecular weight excluding hydrogens is 218 g/mol. The highest BCUT2D eigenvalue weighted by molar-refractivity contribution is 7.99. The smallest absolute Gasteiger partial charge is 0.0590 e. The lowest BCUT2D eigenvalue weighted by Gasteiger charge is -2.05. The molecule has 1 aromatic rings. The van der Waals surface area contributed by atoms with Crippen LogP contribution in [0.1, 0.15) is 12.5 Å². The Morgan fingerprint density at radius 3 is 2.62 bits per heavy atom. The van der Waals surface area contributed by atoms with Crippen molar-refractivity contribution in [1.82, 2.24) is 5.32 Å². The van der Waals surface area contributed by atoms with Crippen molar-refractivity contribution >= 4 is 11.8 Å². The van der Waals surface area contributed by atoms with E-state index in [-0.39, 0.29) is 0 Å². The second-order valence-corrected chi connectivity index (χ2v) is 4.78. The number of hydrogen-bond donors (Lipinski definition) is 1. The molecule has 16 heavy (non-hydrogen) atoms. The van der Waals surface area contributed by atoms with Gasteiger partial charge in [0.15, 0.2) is 0 Å². The molecule has 0 heterocycles. The highest BCUT2D eigenvalue weighted by Crippen LogP contribution is 2.17. The molecule has 1 N–H and O–H groups in total. The monoisotopic (exact) mass is 239 g/mol. The van der Waals surface area contributed by atoms with Crippen LogP contribution < -0.4 is 5.32 Å². The second kappa shape index (κ2) is 8.62. The van der Waals surface area contributed by atoms with E-state index >= 15 is 0 Å². The average Bonchev–Trinajstić information content (AvgIpc) is 2.30. The Morgan fingerprint density at radius 2 is 1.94 bits per heavy atom. The molecule has 0 amide bonds. The number of ether oxygens (including phenoxy) is 1. The van der Waals surface area contributed by atoms with Gasteiger partial charge in [0, 0.05) is 30.3 Å². The van der Waals surface area contributed by atoms with E-state index in [4.69, 9.17) is 4.74 Å². The Kier molecular flexibility index (Phi) is 7.30. The first-order chi connectivity index (χ1) is 7.83. The standard InChI is InChI=1S/C13H21NOS/c1-3-15-10-8-14-9-11-16-13-6-4-12(2)5-7-13/h4-7,14H,3,8-11H2,1-2H3. The molecule has 0 aliphatic carbocycles. The third-order valence-electron chi connectivity index (χ3n) is 2.20. The Balaban J connectivity index is 2.01. The molecule has 1 aromatic carbocycles. The van der Waals surface area contributed by atoms with Crippen LogP contribution in [0.5, 0.6) is 0 Å². The van der Waals surface area contributed by atoms with Gasteiger partial charge >= 0.3 is 0 Å². The quantitative estimate of drug-likeness (QED) is 0.557. The van der Waals surface area contributed by atoms with Crippen molar-refractivity contribution in [3.8, 4) is 0 Å². The van der Waals surface area contributed by atoms with E-state index in [0.29, 0.717) is 0 Å². The Hall–Kier alpha value is -0.510. The predicted molar refractivity (Wildman–Crippen MR) is 71.3 cm³/mol. The molecular formula is C13H21NOS. The summed E-state index contributed by atoms with van der Waals surface area (Å²) in [5.41, 5.74) is 1.32. The minimum Gasteiger partial charge on any atom is -0.380 e. The molecule has 0 fully saturated rings. The zero-order chi connectivity index (χ0) is 11.6. The van der Waals surface area contributed by atoms with Crippen LogP contribution in [0, 0.1) is 6.92 Å². The van der Waals surface area contributed by atoms with Gasteiger partial charge in [-0.05, 0) is 26.0 Å². The molecule has 0 saturated heterocycles. The molecule has 0 saturated carbocycles. The van der Waals surface area contributed by atoms with Gasteiger partial charge in [-0.15, -0.1) is 11.8 Å². The van der Waals surface area contributed by atoms with Crippen molar-refractivity contribution in [3.63, 3.8) is 0 Å². The summed E-state index contributed by atoms with van der Waals surface area (Å²) in [6.45, 7) is 7.73. The summed E-state index contributed by atoms with van der Waals surface area (Å²) < 4.78 is 5.24. The van der Waals surface area contributed by atoms with E-state index < -0.39 is 0 Å². The first-order valence-corrected chi connectivity index (χ1v) is 6.79. The van der Waals surface area contributed by atoms with Gasteiger partial charge in [-0.25, -0.2) is 0 Å². The number of rotatable bonds is 8. The maximum atomic E-state index is 5.24. The number of nitrogens with one attached hydrogen (secondary N) is 1. The van der Waals surface area contributed by atoms with Crippen molar-refractivity contribution in [3.05, 3.63) is 29.8 Å². The summed E-state index contributed by atoms with van der Waals surface area (Å²) in [7, 11) is 0.